The van der Waals surface area contributed by atoms with Crippen LogP contribution in [0.25, 0.3) is 11.0 Å². The van der Waals surface area contributed by atoms with Gasteiger partial charge in [-0.2, -0.15) is 0 Å². The molecule has 1 atom stereocenters. The first-order valence-electron chi connectivity index (χ1n) is 7.47. The van der Waals surface area contributed by atoms with Gasteiger partial charge in [-0.05, 0) is 31.4 Å². The molecule has 0 aliphatic rings. The number of carboxylic acid groups (broad SMARTS) is 1. The van der Waals surface area contributed by atoms with E-state index < -0.39 is 5.97 Å². The molecule has 0 aliphatic heterocycles. The largest absolute Gasteiger partial charge is 0.478 e. The van der Waals surface area contributed by atoms with Crippen molar-refractivity contribution in [3.05, 3.63) is 29.6 Å². The van der Waals surface area contributed by atoms with Crippen LogP contribution < -0.4 is 0 Å². The van der Waals surface area contributed by atoms with Crippen LogP contribution in [-0.4, -0.2) is 31.8 Å². The number of para-hydroxylation sites is 1. The Morgan fingerprint density at radius 2 is 2.14 bits per heavy atom. The van der Waals surface area contributed by atoms with Crippen LogP contribution in [0.4, 0.5) is 0 Å². The van der Waals surface area contributed by atoms with Gasteiger partial charge in [0.1, 0.15) is 5.82 Å². The summed E-state index contributed by atoms with van der Waals surface area (Å²) in [6.45, 7) is 4.60. The normalized spacial score (nSPS) is 12.7. The first-order valence-corrected chi connectivity index (χ1v) is 7.47. The summed E-state index contributed by atoms with van der Waals surface area (Å²) in [5.74, 6) is -0.0506. The van der Waals surface area contributed by atoms with Gasteiger partial charge in [0.05, 0.1) is 22.7 Å². The lowest BCUT2D eigenvalue weighted by atomic mass is 10.1. The highest BCUT2D eigenvalue weighted by Gasteiger charge is 2.17. The summed E-state index contributed by atoms with van der Waals surface area (Å²) in [4.78, 5) is 16.0. The number of hydrogen-bond acceptors (Lipinski definition) is 3. The molecule has 5 nitrogen and oxygen atoms in total. The van der Waals surface area contributed by atoms with Gasteiger partial charge in [0.15, 0.2) is 0 Å². The average molecular weight is 290 g/mol. The van der Waals surface area contributed by atoms with E-state index in [-0.39, 0.29) is 11.7 Å². The molecular formula is C16H22N2O3. The fourth-order valence-electron chi connectivity index (χ4n) is 2.54. The molecule has 114 valence electrons. The molecule has 1 heterocycles. The number of benzene rings is 1. The van der Waals surface area contributed by atoms with Crippen molar-refractivity contribution in [2.24, 2.45) is 0 Å². The van der Waals surface area contributed by atoms with Gasteiger partial charge < -0.3 is 14.8 Å². The molecule has 1 aromatic carbocycles. The summed E-state index contributed by atoms with van der Waals surface area (Å²) in [6.07, 6.45) is 2.68. The van der Waals surface area contributed by atoms with Crippen molar-refractivity contribution < 1.29 is 15.0 Å². The van der Waals surface area contributed by atoms with E-state index in [9.17, 15) is 15.0 Å². The van der Waals surface area contributed by atoms with Gasteiger partial charge in [0.25, 0.3) is 0 Å². The molecule has 0 bridgehead atoms. The number of aromatic nitrogens is 2. The zero-order valence-electron chi connectivity index (χ0n) is 12.5. The van der Waals surface area contributed by atoms with Crippen molar-refractivity contribution in [3.63, 3.8) is 0 Å². The van der Waals surface area contributed by atoms with Gasteiger partial charge in [0.2, 0.25) is 0 Å². The van der Waals surface area contributed by atoms with Gasteiger partial charge in [-0.1, -0.05) is 19.9 Å². The average Bonchev–Trinajstić information content (AvgIpc) is 2.82. The van der Waals surface area contributed by atoms with E-state index in [0.717, 1.165) is 18.7 Å². The van der Waals surface area contributed by atoms with Crippen molar-refractivity contribution >= 4 is 17.0 Å². The molecule has 2 aromatic rings. The molecule has 2 rings (SSSR count). The maximum absolute atomic E-state index is 11.4. The predicted molar refractivity (Wildman–Crippen MR) is 81.6 cm³/mol. The fraction of sp³-hybridized carbons (Fsp3) is 0.500. The van der Waals surface area contributed by atoms with Crippen LogP contribution in [0.5, 0.6) is 0 Å². The Hall–Kier alpha value is -1.88. The van der Waals surface area contributed by atoms with Crippen LogP contribution in [0.1, 0.15) is 49.3 Å². The van der Waals surface area contributed by atoms with E-state index in [1.54, 1.807) is 12.1 Å². The lowest BCUT2D eigenvalue weighted by Crippen LogP contribution is -2.13. The number of carbonyl (C=O) groups is 1. The second-order valence-electron chi connectivity index (χ2n) is 5.26. The quantitative estimate of drug-likeness (QED) is 0.822. The molecule has 1 aromatic heterocycles. The topological polar surface area (TPSA) is 75.3 Å². The second kappa shape index (κ2) is 6.72. The number of aliphatic hydroxyl groups is 1. The van der Waals surface area contributed by atoms with Gasteiger partial charge in [-0.3, -0.25) is 0 Å². The molecule has 0 amide bonds. The molecule has 0 saturated carbocycles. The monoisotopic (exact) mass is 290 g/mol. The number of rotatable bonds is 7. The van der Waals surface area contributed by atoms with Gasteiger partial charge in [-0.15, -0.1) is 0 Å². The third kappa shape index (κ3) is 3.24. The third-order valence-electron chi connectivity index (χ3n) is 3.71. The number of aromatic carboxylic acids is 1. The van der Waals surface area contributed by atoms with Crippen LogP contribution in [-0.2, 0) is 13.0 Å². The Kier molecular flexibility index (Phi) is 4.96. The molecule has 0 spiro atoms. The number of aryl methyl sites for hydroxylation is 2. The van der Waals surface area contributed by atoms with Crippen molar-refractivity contribution in [2.45, 2.75) is 52.2 Å². The molecule has 21 heavy (non-hydrogen) atoms. The lowest BCUT2D eigenvalue weighted by molar-refractivity contribution is 0.0698. The van der Waals surface area contributed by atoms with Crippen molar-refractivity contribution in [1.82, 2.24) is 9.55 Å². The predicted octanol–water partition coefficient (Wildman–Crippen LogP) is 2.85. The van der Waals surface area contributed by atoms with Crippen LogP contribution in [0.3, 0.4) is 0 Å². The van der Waals surface area contributed by atoms with Crippen LogP contribution in [0.15, 0.2) is 18.2 Å². The first kappa shape index (κ1) is 15.5. The summed E-state index contributed by atoms with van der Waals surface area (Å²) < 4.78 is 1.96. The second-order valence-corrected chi connectivity index (χ2v) is 5.26. The number of nitrogens with zero attached hydrogens (tertiary/aromatic N) is 2. The Morgan fingerprint density at radius 1 is 1.38 bits per heavy atom. The Balaban J connectivity index is 2.51. The fourth-order valence-corrected chi connectivity index (χ4v) is 2.54. The van der Waals surface area contributed by atoms with E-state index in [1.807, 2.05) is 17.6 Å². The van der Waals surface area contributed by atoms with E-state index in [0.29, 0.717) is 30.4 Å². The summed E-state index contributed by atoms with van der Waals surface area (Å²) in [5.41, 5.74) is 1.65. The maximum Gasteiger partial charge on any atom is 0.337 e. The minimum Gasteiger partial charge on any atom is -0.478 e. The molecule has 0 saturated heterocycles. The first-order chi connectivity index (χ1) is 10.1. The molecular weight excluding hydrogens is 268 g/mol. The summed E-state index contributed by atoms with van der Waals surface area (Å²) >= 11 is 0. The minimum absolute atomic E-state index is 0.272. The van der Waals surface area contributed by atoms with E-state index in [4.69, 9.17) is 0 Å². The zero-order chi connectivity index (χ0) is 15.4. The Bertz CT molecular complexity index is 634. The molecule has 0 radical (unpaired) electrons. The smallest absolute Gasteiger partial charge is 0.337 e. The number of hydrogen-bond donors (Lipinski definition) is 2. The van der Waals surface area contributed by atoms with Gasteiger partial charge in [0, 0.05) is 13.0 Å². The maximum atomic E-state index is 11.4. The van der Waals surface area contributed by atoms with Gasteiger partial charge in [-0.25, -0.2) is 9.78 Å². The van der Waals surface area contributed by atoms with E-state index in [1.165, 1.54) is 0 Å². The summed E-state index contributed by atoms with van der Waals surface area (Å²) in [6, 6.07) is 5.17. The number of fused-ring (bicyclic) bond motifs is 1. The van der Waals surface area contributed by atoms with Crippen LogP contribution in [0, 0.1) is 0 Å². The minimum atomic E-state index is -0.944. The highest BCUT2D eigenvalue weighted by molar-refractivity contribution is 6.01. The lowest BCUT2D eigenvalue weighted by Gasteiger charge is -2.12. The molecule has 0 aliphatic carbocycles. The Labute approximate surface area is 124 Å². The Morgan fingerprint density at radius 3 is 2.76 bits per heavy atom. The molecule has 0 fully saturated rings. The highest BCUT2D eigenvalue weighted by atomic mass is 16.4. The van der Waals surface area contributed by atoms with Crippen molar-refractivity contribution in [2.75, 3.05) is 0 Å². The van der Waals surface area contributed by atoms with Gasteiger partial charge >= 0.3 is 5.97 Å². The van der Waals surface area contributed by atoms with Crippen LogP contribution >= 0.6 is 0 Å². The van der Waals surface area contributed by atoms with E-state index in [2.05, 4.69) is 11.9 Å². The zero-order valence-corrected chi connectivity index (χ0v) is 12.5. The molecule has 1 unspecified atom stereocenters. The van der Waals surface area contributed by atoms with E-state index >= 15 is 0 Å². The number of aliphatic hydroxyl groups excluding tert-OH is 1. The number of carboxylic acids is 1. The number of imidazole rings is 1. The standard InChI is InChI=1S/C16H22N2O3/c1-3-6-14-17-13-8-5-7-12(16(20)21)15(13)18(14)10-9-11(19)4-2/h5,7-8,11,19H,3-4,6,9-10H2,1-2H3,(H,20,21). The highest BCUT2D eigenvalue weighted by Crippen LogP contribution is 2.22. The third-order valence-corrected chi connectivity index (χ3v) is 3.71. The van der Waals surface area contributed by atoms with Crippen molar-refractivity contribution in [1.29, 1.82) is 0 Å². The molecule has 5 heteroatoms. The SMILES string of the molecule is CCCc1nc2cccc(C(=O)O)c2n1CCC(O)CC. The van der Waals surface area contributed by atoms with Crippen LogP contribution in [0.2, 0.25) is 0 Å². The molecule has 2 N–H and O–H groups in total. The summed E-state index contributed by atoms with van der Waals surface area (Å²) in [5, 5.41) is 19.2. The summed E-state index contributed by atoms with van der Waals surface area (Å²) in [7, 11) is 0. The van der Waals surface area contributed by atoms with Crippen molar-refractivity contribution in [3.8, 4) is 0 Å².